The Hall–Kier alpha value is -0.400. The lowest BCUT2D eigenvalue weighted by molar-refractivity contribution is 0.951. The Morgan fingerprint density at radius 3 is 2.40 bits per heavy atom. The Morgan fingerprint density at radius 1 is 1.07 bits per heavy atom. The number of pyridine rings is 1. The van der Waals surface area contributed by atoms with Crippen molar-refractivity contribution in [2.45, 2.75) is 10.2 Å². The minimum Gasteiger partial charge on any atom is -0.248 e. The molecule has 0 N–H and O–H groups in total. The van der Waals surface area contributed by atoms with Crippen LogP contribution < -0.4 is 0 Å². The third kappa shape index (κ3) is 3.29. The maximum Gasteiger partial charge on any atom is 0.193 e. The van der Waals surface area contributed by atoms with E-state index in [-0.39, 0.29) is 0 Å². The molecule has 0 atom stereocenters. The molecule has 0 saturated carbocycles. The number of nitrogens with zero attached hydrogens (tertiary/aromatic N) is 3. The lowest BCUT2D eigenvalue weighted by atomic mass is 10.5. The van der Waals surface area contributed by atoms with Crippen molar-refractivity contribution in [2.24, 2.45) is 0 Å². The van der Waals surface area contributed by atoms with Crippen LogP contribution in [0.2, 0.25) is 5.02 Å². The SMILES string of the molecule is Clc1ccc(Sc2ncc(I)cn2)nc1. The molecular weight excluding hydrogens is 345 g/mol. The number of aromatic nitrogens is 3. The van der Waals surface area contributed by atoms with E-state index in [1.165, 1.54) is 11.8 Å². The summed E-state index contributed by atoms with van der Waals surface area (Å²) < 4.78 is 1.01. The second kappa shape index (κ2) is 5.09. The van der Waals surface area contributed by atoms with Crippen LogP contribution in [0.3, 0.4) is 0 Å². The summed E-state index contributed by atoms with van der Waals surface area (Å²) in [7, 11) is 0. The molecule has 0 amide bonds. The van der Waals surface area contributed by atoms with Crippen LogP contribution in [0.5, 0.6) is 0 Å². The maximum absolute atomic E-state index is 5.73. The summed E-state index contributed by atoms with van der Waals surface area (Å²) in [5.41, 5.74) is 0. The van der Waals surface area contributed by atoms with Gasteiger partial charge < -0.3 is 0 Å². The smallest absolute Gasteiger partial charge is 0.193 e. The van der Waals surface area contributed by atoms with Gasteiger partial charge in [-0.05, 0) is 46.5 Å². The number of halogens is 2. The summed E-state index contributed by atoms with van der Waals surface area (Å²) >= 11 is 9.31. The lowest BCUT2D eigenvalue weighted by Crippen LogP contribution is -1.87. The Bertz CT molecular complexity index is 402. The van der Waals surface area contributed by atoms with Crippen molar-refractivity contribution in [3.63, 3.8) is 0 Å². The molecular formula is C9H5ClIN3S. The number of rotatable bonds is 2. The fourth-order valence-corrected chi connectivity index (χ4v) is 1.90. The Labute approximate surface area is 110 Å². The van der Waals surface area contributed by atoms with Crippen LogP contribution in [-0.2, 0) is 0 Å². The molecule has 2 aromatic heterocycles. The molecule has 0 aliphatic rings. The molecule has 15 heavy (non-hydrogen) atoms. The molecule has 6 heteroatoms. The molecule has 0 saturated heterocycles. The molecule has 0 bridgehead atoms. The van der Waals surface area contributed by atoms with Gasteiger partial charge in [0.1, 0.15) is 5.03 Å². The largest absolute Gasteiger partial charge is 0.248 e. The molecule has 0 unspecified atom stereocenters. The zero-order valence-corrected chi connectivity index (χ0v) is 11.1. The lowest BCUT2D eigenvalue weighted by Gasteiger charge is -1.98. The van der Waals surface area contributed by atoms with Gasteiger partial charge in [-0.15, -0.1) is 0 Å². The molecule has 76 valence electrons. The van der Waals surface area contributed by atoms with Crippen LogP contribution >= 0.6 is 46.0 Å². The minimum absolute atomic E-state index is 0.628. The van der Waals surface area contributed by atoms with E-state index in [1.807, 2.05) is 6.07 Å². The summed E-state index contributed by atoms with van der Waals surface area (Å²) in [4.78, 5) is 12.5. The van der Waals surface area contributed by atoms with Gasteiger partial charge in [-0.2, -0.15) is 0 Å². The van der Waals surface area contributed by atoms with Gasteiger partial charge in [0, 0.05) is 22.2 Å². The normalized spacial score (nSPS) is 10.3. The Morgan fingerprint density at radius 2 is 1.80 bits per heavy atom. The first-order valence-corrected chi connectivity index (χ1v) is 6.28. The third-order valence-corrected chi connectivity index (χ3v) is 3.12. The van der Waals surface area contributed by atoms with Crippen molar-refractivity contribution in [2.75, 3.05) is 0 Å². The summed E-state index contributed by atoms with van der Waals surface area (Å²) in [5.74, 6) is 0. The summed E-state index contributed by atoms with van der Waals surface area (Å²) in [5, 5.41) is 2.15. The number of hydrogen-bond acceptors (Lipinski definition) is 4. The van der Waals surface area contributed by atoms with Crippen molar-refractivity contribution < 1.29 is 0 Å². The first-order valence-electron chi connectivity index (χ1n) is 4.01. The van der Waals surface area contributed by atoms with Crippen molar-refractivity contribution >= 4 is 46.0 Å². The van der Waals surface area contributed by atoms with Gasteiger partial charge in [0.15, 0.2) is 5.16 Å². The predicted molar refractivity (Wildman–Crippen MR) is 68.1 cm³/mol. The van der Waals surface area contributed by atoms with Crippen LogP contribution in [-0.4, -0.2) is 15.0 Å². The molecule has 0 aliphatic carbocycles. The average Bonchev–Trinajstić information content (AvgIpc) is 2.25. The van der Waals surface area contributed by atoms with E-state index in [2.05, 4.69) is 37.5 Å². The van der Waals surface area contributed by atoms with Gasteiger partial charge in [-0.1, -0.05) is 11.6 Å². The van der Waals surface area contributed by atoms with Gasteiger partial charge in [0.05, 0.1) is 5.02 Å². The molecule has 0 radical (unpaired) electrons. The maximum atomic E-state index is 5.73. The predicted octanol–water partition coefficient (Wildman–Crippen LogP) is 3.28. The van der Waals surface area contributed by atoms with Gasteiger partial charge in [-0.3, -0.25) is 0 Å². The number of hydrogen-bond donors (Lipinski definition) is 0. The molecule has 0 aliphatic heterocycles. The van der Waals surface area contributed by atoms with Crippen LogP contribution in [0.25, 0.3) is 0 Å². The van der Waals surface area contributed by atoms with Crippen LogP contribution in [0.15, 0.2) is 40.9 Å². The van der Waals surface area contributed by atoms with Gasteiger partial charge >= 0.3 is 0 Å². The fraction of sp³-hybridized carbons (Fsp3) is 0. The zero-order valence-electron chi connectivity index (χ0n) is 7.39. The van der Waals surface area contributed by atoms with Crippen molar-refractivity contribution in [1.29, 1.82) is 0 Å². The highest BCUT2D eigenvalue weighted by Crippen LogP contribution is 2.22. The second-order valence-corrected chi connectivity index (χ2v) is 5.27. The van der Waals surface area contributed by atoms with Crippen LogP contribution in [0, 0.1) is 3.57 Å². The van der Waals surface area contributed by atoms with E-state index in [0.717, 1.165) is 8.60 Å². The van der Waals surface area contributed by atoms with Crippen LogP contribution in [0.1, 0.15) is 0 Å². The zero-order chi connectivity index (χ0) is 10.7. The second-order valence-electron chi connectivity index (χ2n) is 2.60. The highest BCUT2D eigenvalue weighted by molar-refractivity contribution is 14.1. The molecule has 3 nitrogen and oxygen atoms in total. The Balaban J connectivity index is 2.15. The van der Waals surface area contributed by atoms with E-state index < -0.39 is 0 Å². The van der Waals surface area contributed by atoms with E-state index in [9.17, 15) is 0 Å². The fourth-order valence-electron chi connectivity index (χ4n) is 0.869. The molecule has 0 fully saturated rings. The van der Waals surface area contributed by atoms with Crippen molar-refractivity contribution in [3.8, 4) is 0 Å². The Kier molecular flexibility index (Phi) is 3.76. The quantitative estimate of drug-likeness (QED) is 0.616. The summed E-state index contributed by atoms with van der Waals surface area (Å²) in [6.07, 6.45) is 5.15. The van der Waals surface area contributed by atoms with Gasteiger partial charge in [0.25, 0.3) is 0 Å². The topological polar surface area (TPSA) is 38.7 Å². The standard InChI is InChI=1S/C9H5ClIN3S/c10-6-1-2-8(12-3-6)15-9-13-4-7(11)5-14-9/h1-5H. The molecule has 2 heterocycles. The molecule has 2 aromatic rings. The molecule has 0 aromatic carbocycles. The van der Waals surface area contributed by atoms with Crippen LogP contribution in [0.4, 0.5) is 0 Å². The minimum atomic E-state index is 0.628. The van der Waals surface area contributed by atoms with Crippen molar-refractivity contribution in [3.05, 3.63) is 39.3 Å². The van der Waals surface area contributed by atoms with Crippen molar-refractivity contribution in [1.82, 2.24) is 15.0 Å². The first kappa shape index (κ1) is 11.1. The van der Waals surface area contributed by atoms with Gasteiger partial charge in [0.2, 0.25) is 0 Å². The summed E-state index contributed by atoms with van der Waals surface area (Å²) in [6, 6.07) is 3.64. The first-order chi connectivity index (χ1) is 7.24. The van der Waals surface area contributed by atoms with E-state index in [4.69, 9.17) is 11.6 Å². The van der Waals surface area contributed by atoms with E-state index in [1.54, 1.807) is 24.7 Å². The van der Waals surface area contributed by atoms with E-state index in [0.29, 0.717) is 10.2 Å². The highest BCUT2D eigenvalue weighted by Gasteiger charge is 2.01. The molecule has 2 rings (SSSR count). The van der Waals surface area contributed by atoms with Gasteiger partial charge in [-0.25, -0.2) is 15.0 Å². The van der Waals surface area contributed by atoms with E-state index >= 15 is 0 Å². The molecule has 0 spiro atoms. The monoisotopic (exact) mass is 349 g/mol. The average molecular weight is 350 g/mol. The summed E-state index contributed by atoms with van der Waals surface area (Å²) in [6.45, 7) is 0. The third-order valence-electron chi connectivity index (χ3n) is 1.49. The highest BCUT2D eigenvalue weighted by atomic mass is 127.